The molecule has 0 fully saturated rings. The Morgan fingerprint density at radius 1 is 0.964 bits per heavy atom. The lowest BCUT2D eigenvalue weighted by Gasteiger charge is -2.10. The topological polar surface area (TPSA) is 54.9 Å². The highest BCUT2D eigenvalue weighted by molar-refractivity contribution is 7.19. The van der Waals surface area contributed by atoms with Crippen LogP contribution in [0.4, 0.5) is 11.5 Å². The van der Waals surface area contributed by atoms with Gasteiger partial charge < -0.3 is 5.32 Å². The number of nitrogens with zero attached hydrogens (tertiary/aromatic N) is 2. The van der Waals surface area contributed by atoms with Gasteiger partial charge in [0.05, 0.1) is 5.39 Å². The fourth-order valence-corrected chi connectivity index (χ4v) is 4.32. The molecule has 140 valence electrons. The summed E-state index contributed by atoms with van der Waals surface area (Å²) in [6, 6.07) is 14.0. The maximum atomic E-state index is 11.5. The Morgan fingerprint density at radius 2 is 1.71 bits per heavy atom. The number of benzene rings is 2. The van der Waals surface area contributed by atoms with E-state index in [1.807, 2.05) is 24.3 Å². The first-order valence-corrected chi connectivity index (χ1v) is 9.95. The van der Waals surface area contributed by atoms with Crippen LogP contribution in [0.5, 0.6) is 0 Å². The van der Waals surface area contributed by atoms with Gasteiger partial charge in [-0.15, -0.1) is 11.3 Å². The predicted octanol–water partition coefficient (Wildman–Crippen LogP) is 6.23. The molecule has 0 aliphatic carbocycles. The summed E-state index contributed by atoms with van der Waals surface area (Å²) in [5.74, 6) is 0.833. The van der Waals surface area contributed by atoms with Crippen molar-refractivity contribution in [3.8, 4) is 11.1 Å². The largest absolute Gasteiger partial charge is 0.340 e. The maximum Gasteiger partial charge on any atom is 0.159 e. The van der Waals surface area contributed by atoms with Crippen LogP contribution in [0, 0.1) is 20.8 Å². The number of carbonyl (C=O) groups excluding carboxylic acids is 1. The first-order valence-electron chi connectivity index (χ1n) is 9.14. The van der Waals surface area contributed by atoms with Crippen molar-refractivity contribution >= 4 is 38.8 Å². The number of hydrogen-bond donors (Lipinski definition) is 1. The highest BCUT2D eigenvalue weighted by atomic mass is 32.1. The number of rotatable bonds is 4. The van der Waals surface area contributed by atoms with Gasteiger partial charge in [0.1, 0.15) is 17.0 Å². The van der Waals surface area contributed by atoms with Crippen LogP contribution in [0.25, 0.3) is 21.3 Å². The molecule has 2 aromatic heterocycles. The molecule has 0 saturated heterocycles. The van der Waals surface area contributed by atoms with E-state index < -0.39 is 0 Å². The molecule has 1 N–H and O–H groups in total. The standard InChI is InChI=1S/C23H21N3OS/c1-13-5-6-18(11-14(13)2)20-16(4)28-23-21(20)22(24-12-25-23)26-19-9-7-17(8-10-19)15(3)27/h5-12H,1-4H3,(H,24,25,26). The molecule has 0 atom stereocenters. The number of fused-ring (bicyclic) bond motifs is 1. The molecule has 5 heteroatoms. The second-order valence-corrected chi connectivity index (χ2v) is 8.20. The molecule has 0 unspecified atom stereocenters. The summed E-state index contributed by atoms with van der Waals surface area (Å²) < 4.78 is 0. The molecule has 0 aliphatic heterocycles. The molecule has 4 rings (SSSR count). The average Bonchev–Trinajstić information content (AvgIpc) is 3.01. The van der Waals surface area contributed by atoms with E-state index in [0.717, 1.165) is 21.7 Å². The van der Waals surface area contributed by atoms with Crippen molar-refractivity contribution in [2.75, 3.05) is 5.32 Å². The van der Waals surface area contributed by atoms with Gasteiger partial charge in [-0.2, -0.15) is 0 Å². The third-order valence-corrected chi connectivity index (χ3v) is 6.03. The van der Waals surface area contributed by atoms with Crippen molar-refractivity contribution < 1.29 is 4.79 Å². The minimum atomic E-state index is 0.0569. The number of hydrogen-bond acceptors (Lipinski definition) is 5. The highest BCUT2D eigenvalue weighted by Gasteiger charge is 2.17. The molecule has 4 nitrogen and oxygen atoms in total. The third kappa shape index (κ3) is 3.29. The quantitative estimate of drug-likeness (QED) is 0.422. The molecule has 0 saturated carbocycles. The van der Waals surface area contributed by atoms with Crippen LogP contribution in [0.2, 0.25) is 0 Å². The van der Waals surface area contributed by atoms with Crippen molar-refractivity contribution in [2.45, 2.75) is 27.7 Å². The summed E-state index contributed by atoms with van der Waals surface area (Å²) in [6.07, 6.45) is 1.59. The Labute approximate surface area is 168 Å². The van der Waals surface area contributed by atoms with E-state index >= 15 is 0 Å². The van der Waals surface area contributed by atoms with Crippen molar-refractivity contribution in [3.05, 3.63) is 70.4 Å². The lowest BCUT2D eigenvalue weighted by atomic mass is 9.99. The lowest BCUT2D eigenvalue weighted by Crippen LogP contribution is -1.97. The SMILES string of the molecule is CC(=O)c1ccc(Nc2ncnc3sc(C)c(-c4ccc(C)c(C)c4)c23)cc1. The van der Waals surface area contributed by atoms with Gasteiger partial charge in [0.15, 0.2) is 5.78 Å². The Balaban J connectivity index is 1.83. The van der Waals surface area contributed by atoms with E-state index in [0.29, 0.717) is 5.56 Å². The number of ketones is 1. The van der Waals surface area contributed by atoms with E-state index in [1.165, 1.54) is 27.1 Å². The van der Waals surface area contributed by atoms with Gasteiger partial charge in [0, 0.05) is 21.7 Å². The van der Waals surface area contributed by atoms with Crippen molar-refractivity contribution in [1.29, 1.82) is 0 Å². The van der Waals surface area contributed by atoms with E-state index in [4.69, 9.17) is 0 Å². The van der Waals surface area contributed by atoms with E-state index in [-0.39, 0.29) is 5.78 Å². The Morgan fingerprint density at radius 3 is 2.39 bits per heavy atom. The van der Waals surface area contributed by atoms with Gasteiger partial charge >= 0.3 is 0 Å². The number of aryl methyl sites for hydroxylation is 3. The first-order chi connectivity index (χ1) is 13.4. The summed E-state index contributed by atoms with van der Waals surface area (Å²) >= 11 is 1.68. The Bertz CT molecular complexity index is 1190. The number of Topliss-reactive ketones (excluding diaryl/α,β-unsaturated/α-hetero) is 1. The monoisotopic (exact) mass is 387 g/mol. The molecule has 28 heavy (non-hydrogen) atoms. The zero-order valence-corrected chi connectivity index (χ0v) is 17.1. The highest BCUT2D eigenvalue weighted by Crippen LogP contribution is 2.41. The zero-order valence-electron chi connectivity index (χ0n) is 16.3. The van der Waals surface area contributed by atoms with E-state index in [9.17, 15) is 4.79 Å². The van der Waals surface area contributed by atoms with Crippen molar-refractivity contribution in [1.82, 2.24) is 9.97 Å². The minimum absolute atomic E-state index is 0.0569. The average molecular weight is 388 g/mol. The smallest absolute Gasteiger partial charge is 0.159 e. The second kappa shape index (κ2) is 7.17. The lowest BCUT2D eigenvalue weighted by molar-refractivity contribution is 0.101. The molecule has 0 amide bonds. The normalized spacial score (nSPS) is 11.0. The molecule has 2 heterocycles. The number of anilines is 2. The number of thiophene rings is 1. The number of nitrogens with one attached hydrogen (secondary N) is 1. The fourth-order valence-electron chi connectivity index (χ4n) is 3.31. The Kier molecular flexibility index (Phi) is 4.69. The Hall–Kier alpha value is -3.05. The summed E-state index contributed by atoms with van der Waals surface area (Å²) in [4.78, 5) is 22.7. The predicted molar refractivity (Wildman–Crippen MR) is 117 cm³/mol. The van der Waals surface area contributed by atoms with Gasteiger partial charge in [0.2, 0.25) is 0 Å². The van der Waals surface area contributed by atoms with Gasteiger partial charge in [-0.25, -0.2) is 9.97 Å². The summed E-state index contributed by atoms with van der Waals surface area (Å²) in [5.41, 5.74) is 6.48. The maximum absolute atomic E-state index is 11.5. The van der Waals surface area contributed by atoms with Crippen LogP contribution in [-0.4, -0.2) is 15.8 Å². The van der Waals surface area contributed by atoms with Crippen molar-refractivity contribution in [3.63, 3.8) is 0 Å². The molecule has 0 spiro atoms. The summed E-state index contributed by atoms with van der Waals surface area (Å²) in [5, 5.41) is 4.44. The van der Waals surface area contributed by atoms with E-state index in [1.54, 1.807) is 24.6 Å². The third-order valence-electron chi connectivity index (χ3n) is 5.01. The van der Waals surface area contributed by atoms with Crippen LogP contribution in [0.1, 0.15) is 33.3 Å². The van der Waals surface area contributed by atoms with Crippen LogP contribution >= 0.6 is 11.3 Å². The minimum Gasteiger partial charge on any atom is -0.340 e. The molecule has 4 aromatic rings. The van der Waals surface area contributed by atoms with Gasteiger partial charge in [-0.05, 0) is 68.7 Å². The van der Waals surface area contributed by atoms with E-state index in [2.05, 4.69) is 54.3 Å². The number of carbonyl (C=O) groups is 1. The first kappa shape index (κ1) is 18.3. The molecule has 0 radical (unpaired) electrons. The second-order valence-electron chi connectivity index (χ2n) is 6.99. The molecular weight excluding hydrogens is 366 g/mol. The molecule has 2 aromatic carbocycles. The van der Waals surface area contributed by atoms with Crippen LogP contribution in [0.3, 0.4) is 0 Å². The van der Waals surface area contributed by atoms with Gasteiger partial charge in [-0.1, -0.05) is 18.2 Å². The molecular formula is C23H21N3OS. The summed E-state index contributed by atoms with van der Waals surface area (Å²) in [7, 11) is 0. The van der Waals surface area contributed by atoms with Gasteiger partial charge in [-0.3, -0.25) is 4.79 Å². The number of aromatic nitrogens is 2. The molecule has 0 aliphatic rings. The van der Waals surface area contributed by atoms with Crippen LogP contribution in [0.15, 0.2) is 48.8 Å². The van der Waals surface area contributed by atoms with Crippen LogP contribution in [-0.2, 0) is 0 Å². The summed E-state index contributed by atoms with van der Waals surface area (Å²) in [6.45, 7) is 7.95. The zero-order chi connectivity index (χ0) is 19.8. The fraction of sp³-hybridized carbons (Fsp3) is 0.174. The van der Waals surface area contributed by atoms with Gasteiger partial charge in [0.25, 0.3) is 0 Å². The van der Waals surface area contributed by atoms with Crippen LogP contribution < -0.4 is 5.32 Å². The van der Waals surface area contributed by atoms with Crippen molar-refractivity contribution in [2.24, 2.45) is 0 Å². The molecule has 0 bridgehead atoms.